The average molecular weight is 397 g/mol. The number of aryl methyl sites for hydroxylation is 2. The molecule has 2 heterocycles. The zero-order valence-corrected chi connectivity index (χ0v) is 16.3. The van der Waals surface area contributed by atoms with Gasteiger partial charge in [-0.05, 0) is 38.5 Å². The third kappa shape index (κ3) is 5.80. The number of nitrogens with one attached hydrogen (secondary N) is 1. The van der Waals surface area contributed by atoms with E-state index in [4.69, 9.17) is 4.74 Å². The van der Waals surface area contributed by atoms with Gasteiger partial charge in [0.1, 0.15) is 5.69 Å². The Morgan fingerprint density at radius 2 is 1.93 bits per heavy atom. The van der Waals surface area contributed by atoms with Gasteiger partial charge < -0.3 is 15.0 Å². The van der Waals surface area contributed by atoms with Gasteiger partial charge in [0.2, 0.25) is 11.8 Å². The number of ether oxygens (including phenoxy) is 1. The largest absolute Gasteiger partial charge is 0.468 e. The van der Waals surface area contributed by atoms with Crippen molar-refractivity contribution in [2.45, 2.75) is 33.0 Å². The lowest BCUT2D eigenvalue weighted by atomic mass is 10.1. The second-order valence-electron chi connectivity index (χ2n) is 6.58. The molecule has 0 spiro atoms. The van der Waals surface area contributed by atoms with Crippen LogP contribution in [0, 0.1) is 13.8 Å². The molecule has 0 aliphatic carbocycles. The lowest BCUT2D eigenvalue weighted by Crippen LogP contribution is -2.28. The molecule has 0 radical (unpaired) electrons. The molecule has 0 saturated heterocycles. The van der Waals surface area contributed by atoms with Gasteiger partial charge in [-0.2, -0.15) is 13.2 Å². The Bertz CT molecular complexity index is 856. The first kappa shape index (κ1) is 21.4. The Kier molecular flexibility index (Phi) is 6.42. The molecule has 28 heavy (non-hydrogen) atoms. The van der Waals surface area contributed by atoms with Gasteiger partial charge in [0.15, 0.2) is 6.61 Å². The molecule has 1 unspecified atom stereocenters. The first-order chi connectivity index (χ1) is 13.0. The number of nitrogens with zero attached hydrogens (tertiary/aromatic N) is 4. The van der Waals surface area contributed by atoms with Crippen molar-refractivity contribution < 1.29 is 22.7 Å². The van der Waals surface area contributed by atoms with Crippen LogP contribution in [-0.4, -0.2) is 47.7 Å². The van der Waals surface area contributed by atoms with Gasteiger partial charge in [0.25, 0.3) is 5.91 Å². The van der Waals surface area contributed by atoms with Crippen LogP contribution in [0.15, 0.2) is 18.3 Å². The zero-order valence-electron chi connectivity index (χ0n) is 16.3. The summed E-state index contributed by atoms with van der Waals surface area (Å²) in [6.45, 7) is 3.69. The Morgan fingerprint density at radius 1 is 1.25 bits per heavy atom. The monoisotopic (exact) mass is 397 g/mol. The number of amides is 1. The highest BCUT2D eigenvalue weighted by Gasteiger charge is 2.29. The van der Waals surface area contributed by atoms with Crippen molar-refractivity contribution in [3.63, 3.8) is 0 Å². The highest BCUT2D eigenvalue weighted by Crippen LogP contribution is 2.23. The summed E-state index contributed by atoms with van der Waals surface area (Å²) >= 11 is 0. The summed E-state index contributed by atoms with van der Waals surface area (Å²) in [6, 6.07) is 2.76. The van der Waals surface area contributed by atoms with Gasteiger partial charge in [0.05, 0.1) is 6.04 Å². The minimum Gasteiger partial charge on any atom is -0.468 e. The van der Waals surface area contributed by atoms with Crippen molar-refractivity contribution in [1.82, 2.24) is 20.3 Å². The summed E-state index contributed by atoms with van der Waals surface area (Å²) in [5, 5.41) is 2.80. The van der Waals surface area contributed by atoms with E-state index in [0.29, 0.717) is 22.8 Å². The molecule has 7 nitrogen and oxygen atoms in total. The van der Waals surface area contributed by atoms with E-state index < -0.39 is 24.7 Å². The van der Waals surface area contributed by atoms with Gasteiger partial charge >= 0.3 is 6.18 Å². The minimum atomic E-state index is -4.44. The van der Waals surface area contributed by atoms with Gasteiger partial charge in [-0.1, -0.05) is 0 Å². The van der Waals surface area contributed by atoms with Crippen molar-refractivity contribution in [2.75, 3.05) is 25.6 Å². The maximum atomic E-state index is 12.5. The summed E-state index contributed by atoms with van der Waals surface area (Å²) in [5.74, 6) is -0.0701. The second-order valence-corrected chi connectivity index (χ2v) is 6.58. The Hall–Kier alpha value is -2.91. The first-order valence-corrected chi connectivity index (χ1v) is 8.46. The number of rotatable bonds is 6. The summed E-state index contributed by atoms with van der Waals surface area (Å²) in [7, 11) is 3.55. The average Bonchev–Trinajstić information content (AvgIpc) is 2.59. The quantitative estimate of drug-likeness (QED) is 0.807. The lowest BCUT2D eigenvalue weighted by Gasteiger charge is -2.17. The van der Waals surface area contributed by atoms with Crippen LogP contribution in [0.4, 0.5) is 19.1 Å². The van der Waals surface area contributed by atoms with Crippen molar-refractivity contribution in [1.29, 1.82) is 0 Å². The molecule has 1 N–H and O–H groups in total. The molecule has 152 valence electrons. The third-order valence-electron chi connectivity index (χ3n) is 3.75. The Balaban J connectivity index is 2.11. The standard InChI is InChI=1S/C18H22F3N5O2/c1-10-6-13(8-22-16(10)28-9-18(19,20)21)12(3)24-15(27)14-7-11(2)23-17(25-14)26(4)5/h6-8,12H,9H2,1-5H3,(H,24,27). The van der Waals surface area contributed by atoms with E-state index in [2.05, 4.69) is 20.3 Å². The molecule has 2 aromatic heterocycles. The van der Waals surface area contributed by atoms with Crippen LogP contribution in [0.25, 0.3) is 0 Å². The number of hydrogen-bond acceptors (Lipinski definition) is 6. The third-order valence-corrected chi connectivity index (χ3v) is 3.75. The molecule has 0 fully saturated rings. The minimum absolute atomic E-state index is 0.0957. The number of anilines is 1. The van der Waals surface area contributed by atoms with Gasteiger partial charge in [0, 0.05) is 31.5 Å². The van der Waals surface area contributed by atoms with Gasteiger partial charge in [-0.15, -0.1) is 0 Å². The van der Waals surface area contributed by atoms with Crippen LogP contribution in [0.1, 0.15) is 40.3 Å². The fourth-order valence-electron chi connectivity index (χ4n) is 2.35. The summed E-state index contributed by atoms with van der Waals surface area (Å²) in [5.41, 5.74) is 1.94. The predicted molar refractivity (Wildman–Crippen MR) is 97.5 cm³/mol. The Labute approximate surface area is 161 Å². The second kappa shape index (κ2) is 8.41. The molecule has 2 aromatic rings. The normalized spacial score (nSPS) is 12.4. The number of halogens is 3. The molecule has 0 aliphatic heterocycles. The highest BCUT2D eigenvalue weighted by molar-refractivity contribution is 5.92. The molecule has 0 aliphatic rings. The maximum Gasteiger partial charge on any atom is 0.422 e. The number of pyridine rings is 1. The number of alkyl halides is 3. The molecule has 0 aromatic carbocycles. The fraction of sp³-hybridized carbons (Fsp3) is 0.444. The Morgan fingerprint density at radius 3 is 2.50 bits per heavy atom. The van der Waals surface area contributed by atoms with Crippen LogP contribution in [0.5, 0.6) is 5.88 Å². The molecule has 1 amide bonds. The van der Waals surface area contributed by atoms with E-state index in [1.54, 1.807) is 51.9 Å². The first-order valence-electron chi connectivity index (χ1n) is 8.46. The molecule has 0 saturated carbocycles. The lowest BCUT2D eigenvalue weighted by molar-refractivity contribution is -0.154. The van der Waals surface area contributed by atoms with Crippen molar-refractivity contribution >= 4 is 11.9 Å². The molecule has 10 heteroatoms. The maximum absolute atomic E-state index is 12.5. The molecular formula is C18H22F3N5O2. The van der Waals surface area contributed by atoms with E-state index >= 15 is 0 Å². The van der Waals surface area contributed by atoms with Crippen LogP contribution < -0.4 is 15.0 Å². The van der Waals surface area contributed by atoms with Crippen LogP contribution in [-0.2, 0) is 0 Å². The van der Waals surface area contributed by atoms with Crippen LogP contribution >= 0.6 is 0 Å². The predicted octanol–water partition coefficient (Wildman–Crippen LogP) is 2.99. The summed E-state index contributed by atoms with van der Waals surface area (Å²) in [6.07, 6.45) is -3.06. The van der Waals surface area contributed by atoms with Crippen LogP contribution in [0.2, 0.25) is 0 Å². The molecule has 2 rings (SSSR count). The van der Waals surface area contributed by atoms with E-state index in [9.17, 15) is 18.0 Å². The van der Waals surface area contributed by atoms with Gasteiger partial charge in [-0.25, -0.2) is 15.0 Å². The molecule has 1 atom stereocenters. The molecule has 0 bridgehead atoms. The van der Waals surface area contributed by atoms with Gasteiger partial charge in [-0.3, -0.25) is 4.79 Å². The summed E-state index contributed by atoms with van der Waals surface area (Å²) < 4.78 is 41.5. The number of aromatic nitrogens is 3. The number of carbonyl (C=O) groups is 1. The molecular weight excluding hydrogens is 375 g/mol. The van der Waals surface area contributed by atoms with Crippen molar-refractivity contribution in [3.8, 4) is 5.88 Å². The number of carbonyl (C=O) groups excluding carboxylic acids is 1. The van der Waals surface area contributed by atoms with E-state index in [1.807, 2.05) is 0 Å². The van der Waals surface area contributed by atoms with E-state index in [-0.39, 0.29) is 11.6 Å². The van der Waals surface area contributed by atoms with E-state index in [0.717, 1.165) is 0 Å². The van der Waals surface area contributed by atoms with Crippen molar-refractivity contribution in [2.24, 2.45) is 0 Å². The van der Waals surface area contributed by atoms with E-state index in [1.165, 1.54) is 6.20 Å². The fourth-order valence-corrected chi connectivity index (χ4v) is 2.35. The highest BCUT2D eigenvalue weighted by atomic mass is 19.4. The smallest absolute Gasteiger partial charge is 0.422 e. The topological polar surface area (TPSA) is 80.2 Å². The van der Waals surface area contributed by atoms with Crippen LogP contribution in [0.3, 0.4) is 0 Å². The number of hydrogen-bond donors (Lipinski definition) is 1. The zero-order chi connectivity index (χ0) is 21.1. The summed E-state index contributed by atoms with van der Waals surface area (Å²) in [4.78, 5) is 26.6. The van der Waals surface area contributed by atoms with Crippen molar-refractivity contribution in [3.05, 3.63) is 40.8 Å². The SMILES string of the molecule is Cc1cc(C(=O)NC(C)c2cnc(OCC(F)(F)F)c(C)c2)nc(N(C)C)n1.